The van der Waals surface area contributed by atoms with Crippen molar-refractivity contribution in [2.45, 2.75) is 32.9 Å². The molecule has 0 amide bonds. The molecule has 0 aliphatic heterocycles. The fraction of sp³-hybridized carbons (Fsp3) is 0.400. The smallest absolute Gasteiger partial charge is 0.283 e. The van der Waals surface area contributed by atoms with Crippen LogP contribution in [0.25, 0.3) is 0 Å². The lowest BCUT2D eigenvalue weighted by Crippen LogP contribution is -2.25. The van der Waals surface area contributed by atoms with E-state index in [1.807, 2.05) is 25.3 Å². The zero-order valence-corrected chi connectivity index (χ0v) is 13.4. The molecular formula is C15H17BrN4O. The van der Waals surface area contributed by atoms with Crippen LogP contribution < -0.4 is 10.9 Å². The third-order valence-electron chi connectivity index (χ3n) is 3.57. The van der Waals surface area contributed by atoms with Crippen molar-refractivity contribution in [2.24, 2.45) is 5.92 Å². The van der Waals surface area contributed by atoms with Gasteiger partial charge in [0.05, 0.1) is 11.9 Å². The fourth-order valence-electron chi connectivity index (χ4n) is 2.06. The second-order valence-corrected chi connectivity index (χ2v) is 6.26. The molecule has 0 bridgehead atoms. The average Bonchev–Trinajstić information content (AvgIpc) is 3.29. The van der Waals surface area contributed by atoms with Crippen molar-refractivity contribution in [1.82, 2.24) is 14.8 Å². The SMILES string of the molecule is Cc1ccc(CNc2cnn(CC3CC3)c(=O)c2Br)cn1. The van der Waals surface area contributed by atoms with Gasteiger partial charge in [-0.25, -0.2) is 4.68 Å². The van der Waals surface area contributed by atoms with E-state index in [2.05, 4.69) is 31.3 Å². The standard InChI is InChI=1S/C15H17BrN4O/c1-10-2-3-12(6-17-10)7-18-13-8-19-20(9-11-4-5-11)15(21)14(13)16/h2-3,6,8,11,18H,4-5,7,9H2,1H3. The first-order chi connectivity index (χ1) is 10.1. The van der Waals surface area contributed by atoms with Gasteiger partial charge in [0, 0.05) is 25.0 Å². The van der Waals surface area contributed by atoms with Crippen LogP contribution in [0.4, 0.5) is 5.69 Å². The number of hydrogen-bond donors (Lipinski definition) is 1. The molecule has 1 aliphatic rings. The third kappa shape index (κ3) is 3.50. The Kier molecular flexibility index (Phi) is 4.05. The highest BCUT2D eigenvalue weighted by Gasteiger charge is 2.23. The van der Waals surface area contributed by atoms with Crippen molar-refractivity contribution in [3.8, 4) is 0 Å². The highest BCUT2D eigenvalue weighted by atomic mass is 79.9. The lowest BCUT2D eigenvalue weighted by Gasteiger charge is -2.10. The zero-order chi connectivity index (χ0) is 14.8. The summed E-state index contributed by atoms with van der Waals surface area (Å²) in [6.07, 6.45) is 5.94. The fourth-order valence-corrected chi connectivity index (χ4v) is 2.51. The highest BCUT2D eigenvalue weighted by molar-refractivity contribution is 9.10. The molecule has 0 unspecified atom stereocenters. The maximum atomic E-state index is 12.2. The molecule has 5 nitrogen and oxygen atoms in total. The van der Waals surface area contributed by atoms with E-state index in [-0.39, 0.29) is 5.56 Å². The Hall–Kier alpha value is -1.69. The predicted molar refractivity (Wildman–Crippen MR) is 85.2 cm³/mol. The summed E-state index contributed by atoms with van der Waals surface area (Å²) in [6, 6.07) is 3.99. The summed E-state index contributed by atoms with van der Waals surface area (Å²) in [4.78, 5) is 16.5. The van der Waals surface area contributed by atoms with Crippen molar-refractivity contribution < 1.29 is 0 Å². The van der Waals surface area contributed by atoms with Crippen LogP contribution in [0.1, 0.15) is 24.1 Å². The molecular weight excluding hydrogens is 332 g/mol. The third-order valence-corrected chi connectivity index (χ3v) is 4.33. The molecule has 1 N–H and O–H groups in total. The molecule has 21 heavy (non-hydrogen) atoms. The van der Waals surface area contributed by atoms with E-state index in [4.69, 9.17) is 0 Å². The average molecular weight is 349 g/mol. The highest BCUT2D eigenvalue weighted by Crippen LogP contribution is 2.30. The lowest BCUT2D eigenvalue weighted by atomic mass is 10.2. The number of pyridine rings is 1. The molecule has 1 saturated carbocycles. The van der Waals surface area contributed by atoms with E-state index in [1.165, 1.54) is 12.8 Å². The molecule has 0 spiro atoms. The number of nitrogens with one attached hydrogen (secondary N) is 1. The molecule has 0 atom stereocenters. The van der Waals surface area contributed by atoms with Gasteiger partial charge < -0.3 is 5.32 Å². The van der Waals surface area contributed by atoms with Gasteiger partial charge in [0.2, 0.25) is 0 Å². The van der Waals surface area contributed by atoms with Crippen molar-refractivity contribution in [3.63, 3.8) is 0 Å². The summed E-state index contributed by atoms with van der Waals surface area (Å²) < 4.78 is 2.08. The minimum Gasteiger partial charge on any atom is -0.379 e. The minimum atomic E-state index is -0.0751. The number of rotatable bonds is 5. The van der Waals surface area contributed by atoms with Crippen molar-refractivity contribution in [2.75, 3.05) is 5.32 Å². The Labute approximate surface area is 131 Å². The van der Waals surface area contributed by atoms with E-state index in [0.29, 0.717) is 22.6 Å². The van der Waals surface area contributed by atoms with Crippen LogP contribution >= 0.6 is 15.9 Å². The summed E-state index contributed by atoms with van der Waals surface area (Å²) in [5.74, 6) is 0.625. The Bertz CT molecular complexity index is 692. The zero-order valence-electron chi connectivity index (χ0n) is 11.8. The second kappa shape index (κ2) is 5.97. The molecule has 1 aliphatic carbocycles. The monoisotopic (exact) mass is 348 g/mol. The molecule has 0 saturated heterocycles. The van der Waals surface area contributed by atoms with E-state index in [9.17, 15) is 4.79 Å². The van der Waals surface area contributed by atoms with Gasteiger partial charge in [-0.05, 0) is 53.2 Å². The molecule has 0 aromatic carbocycles. The van der Waals surface area contributed by atoms with Crippen LogP contribution in [-0.2, 0) is 13.1 Å². The van der Waals surface area contributed by atoms with Gasteiger partial charge in [0.15, 0.2) is 0 Å². The largest absolute Gasteiger partial charge is 0.379 e. The first-order valence-electron chi connectivity index (χ1n) is 7.04. The van der Waals surface area contributed by atoms with Gasteiger partial charge in [0.25, 0.3) is 5.56 Å². The minimum absolute atomic E-state index is 0.0751. The second-order valence-electron chi connectivity index (χ2n) is 5.46. The van der Waals surface area contributed by atoms with Crippen LogP contribution in [0.2, 0.25) is 0 Å². The van der Waals surface area contributed by atoms with Crippen LogP contribution in [0.15, 0.2) is 33.8 Å². The Morgan fingerprint density at radius 1 is 1.38 bits per heavy atom. The lowest BCUT2D eigenvalue weighted by molar-refractivity contribution is 0.532. The first kappa shape index (κ1) is 14.3. The summed E-state index contributed by atoms with van der Waals surface area (Å²) in [7, 11) is 0. The van der Waals surface area contributed by atoms with E-state index >= 15 is 0 Å². The Balaban J connectivity index is 1.71. The van der Waals surface area contributed by atoms with Crippen LogP contribution in [0.3, 0.4) is 0 Å². The van der Waals surface area contributed by atoms with Gasteiger partial charge in [-0.2, -0.15) is 5.10 Å². The van der Waals surface area contributed by atoms with Gasteiger partial charge in [-0.3, -0.25) is 9.78 Å². The van der Waals surface area contributed by atoms with E-state index in [1.54, 1.807) is 10.9 Å². The number of hydrogen-bond acceptors (Lipinski definition) is 4. The molecule has 110 valence electrons. The van der Waals surface area contributed by atoms with Crippen molar-refractivity contribution in [3.05, 3.63) is 50.6 Å². The van der Waals surface area contributed by atoms with Gasteiger partial charge >= 0.3 is 0 Å². The topological polar surface area (TPSA) is 59.8 Å². The number of anilines is 1. The van der Waals surface area contributed by atoms with E-state index < -0.39 is 0 Å². The Morgan fingerprint density at radius 3 is 2.86 bits per heavy atom. The van der Waals surface area contributed by atoms with Gasteiger partial charge in [-0.15, -0.1) is 0 Å². The van der Waals surface area contributed by atoms with E-state index in [0.717, 1.165) is 17.8 Å². The number of aromatic nitrogens is 3. The Morgan fingerprint density at radius 2 is 2.19 bits per heavy atom. The molecule has 6 heteroatoms. The first-order valence-corrected chi connectivity index (χ1v) is 7.84. The molecule has 2 heterocycles. The molecule has 3 rings (SSSR count). The van der Waals surface area contributed by atoms with Crippen molar-refractivity contribution in [1.29, 1.82) is 0 Å². The van der Waals surface area contributed by atoms with Crippen LogP contribution in [0.5, 0.6) is 0 Å². The van der Waals surface area contributed by atoms with Gasteiger partial charge in [-0.1, -0.05) is 6.07 Å². The number of aryl methyl sites for hydroxylation is 1. The number of nitrogens with zero attached hydrogens (tertiary/aromatic N) is 3. The quantitative estimate of drug-likeness (QED) is 0.902. The van der Waals surface area contributed by atoms with Crippen LogP contribution in [0, 0.1) is 12.8 Å². The molecule has 0 radical (unpaired) electrons. The molecule has 2 aromatic heterocycles. The molecule has 1 fully saturated rings. The summed E-state index contributed by atoms with van der Waals surface area (Å²) in [6.45, 7) is 3.29. The van der Waals surface area contributed by atoms with Crippen LogP contribution in [-0.4, -0.2) is 14.8 Å². The maximum absolute atomic E-state index is 12.2. The summed E-state index contributed by atoms with van der Waals surface area (Å²) >= 11 is 3.38. The van der Waals surface area contributed by atoms with Crippen molar-refractivity contribution >= 4 is 21.6 Å². The number of halogens is 1. The maximum Gasteiger partial charge on any atom is 0.283 e. The summed E-state index contributed by atoms with van der Waals surface area (Å²) in [5, 5.41) is 7.46. The summed E-state index contributed by atoms with van der Waals surface area (Å²) in [5.41, 5.74) is 2.69. The normalized spacial score (nSPS) is 14.2. The van der Waals surface area contributed by atoms with Gasteiger partial charge in [0.1, 0.15) is 4.47 Å². The molecule has 2 aromatic rings. The predicted octanol–water partition coefficient (Wildman–Crippen LogP) is 2.73.